The normalized spacial score (nSPS) is 9.08. The summed E-state index contributed by atoms with van der Waals surface area (Å²) in [5.74, 6) is -0.279. The van der Waals surface area contributed by atoms with E-state index < -0.39 is 0 Å². The predicted octanol–water partition coefficient (Wildman–Crippen LogP) is 2.46. The molecule has 0 atom stereocenters. The zero-order valence-corrected chi connectivity index (χ0v) is 7.64. The van der Waals surface area contributed by atoms with Gasteiger partial charge in [0.1, 0.15) is 0 Å². The Morgan fingerprint density at radius 1 is 1.58 bits per heavy atom. The Morgan fingerprint density at radius 3 is 2.75 bits per heavy atom. The van der Waals surface area contributed by atoms with Gasteiger partial charge in [-0.1, -0.05) is 19.6 Å². The molecule has 0 aromatic heterocycles. The fraction of sp³-hybridized carbons (Fsp3) is 0.500. The van der Waals surface area contributed by atoms with E-state index in [0.29, 0.717) is 18.6 Å². The SMILES string of the molecule is C=CCCC(=C)C(=O)OCCC. The summed E-state index contributed by atoms with van der Waals surface area (Å²) in [5, 5.41) is 0. The molecule has 0 aliphatic heterocycles. The van der Waals surface area contributed by atoms with Crippen LogP contribution in [0.5, 0.6) is 0 Å². The van der Waals surface area contributed by atoms with Gasteiger partial charge in [0.05, 0.1) is 6.61 Å². The van der Waals surface area contributed by atoms with Crippen LogP contribution in [0.4, 0.5) is 0 Å². The van der Waals surface area contributed by atoms with Crippen LogP contribution in [0.3, 0.4) is 0 Å². The van der Waals surface area contributed by atoms with E-state index in [4.69, 9.17) is 4.74 Å². The summed E-state index contributed by atoms with van der Waals surface area (Å²) in [5.41, 5.74) is 0.531. The second-order valence-corrected chi connectivity index (χ2v) is 2.57. The van der Waals surface area contributed by atoms with Gasteiger partial charge in [0, 0.05) is 5.57 Å². The smallest absolute Gasteiger partial charge is 0.333 e. The number of hydrogen-bond donors (Lipinski definition) is 0. The van der Waals surface area contributed by atoms with Crippen molar-refractivity contribution >= 4 is 5.97 Å². The second-order valence-electron chi connectivity index (χ2n) is 2.57. The van der Waals surface area contributed by atoms with Gasteiger partial charge in [0.15, 0.2) is 0 Å². The van der Waals surface area contributed by atoms with Crippen LogP contribution in [0.2, 0.25) is 0 Å². The highest BCUT2D eigenvalue weighted by Crippen LogP contribution is 2.04. The van der Waals surface area contributed by atoms with Crippen LogP contribution in [0.1, 0.15) is 26.2 Å². The minimum Gasteiger partial charge on any atom is -0.462 e. The summed E-state index contributed by atoms with van der Waals surface area (Å²) in [7, 11) is 0. The maximum absolute atomic E-state index is 11.1. The second kappa shape index (κ2) is 6.65. The van der Waals surface area contributed by atoms with E-state index in [1.807, 2.05) is 6.92 Å². The van der Waals surface area contributed by atoms with Crippen LogP contribution in [0, 0.1) is 0 Å². The quantitative estimate of drug-likeness (QED) is 0.346. The number of ether oxygens (including phenoxy) is 1. The van der Waals surface area contributed by atoms with E-state index in [1.54, 1.807) is 6.08 Å². The number of esters is 1. The largest absolute Gasteiger partial charge is 0.462 e. The number of hydrogen-bond acceptors (Lipinski definition) is 2. The number of carbonyl (C=O) groups excluding carboxylic acids is 1. The lowest BCUT2D eigenvalue weighted by Gasteiger charge is -2.03. The Bertz CT molecular complexity index is 171. The molecule has 2 nitrogen and oxygen atoms in total. The first-order valence-electron chi connectivity index (χ1n) is 4.18. The summed E-state index contributed by atoms with van der Waals surface area (Å²) < 4.78 is 4.88. The van der Waals surface area contributed by atoms with Crippen molar-refractivity contribution in [1.29, 1.82) is 0 Å². The van der Waals surface area contributed by atoms with Gasteiger partial charge in [-0.15, -0.1) is 6.58 Å². The molecular formula is C10H16O2. The van der Waals surface area contributed by atoms with Gasteiger partial charge in [0.2, 0.25) is 0 Å². The van der Waals surface area contributed by atoms with Crippen LogP contribution >= 0.6 is 0 Å². The van der Waals surface area contributed by atoms with Gasteiger partial charge >= 0.3 is 5.97 Å². The first-order chi connectivity index (χ1) is 5.72. The van der Waals surface area contributed by atoms with E-state index in [-0.39, 0.29) is 5.97 Å². The number of allylic oxidation sites excluding steroid dienone is 1. The molecule has 0 fully saturated rings. The molecule has 12 heavy (non-hydrogen) atoms. The molecule has 0 saturated carbocycles. The lowest BCUT2D eigenvalue weighted by molar-refractivity contribution is -0.139. The molecular weight excluding hydrogens is 152 g/mol. The van der Waals surface area contributed by atoms with Crippen LogP contribution in [0.25, 0.3) is 0 Å². The number of rotatable bonds is 6. The summed E-state index contributed by atoms with van der Waals surface area (Å²) in [4.78, 5) is 11.1. The Hall–Kier alpha value is -1.05. The Morgan fingerprint density at radius 2 is 2.25 bits per heavy atom. The molecule has 0 heterocycles. The van der Waals surface area contributed by atoms with Gasteiger partial charge in [0.25, 0.3) is 0 Å². The molecule has 0 bridgehead atoms. The van der Waals surface area contributed by atoms with Crippen LogP contribution in [-0.2, 0) is 9.53 Å². The molecule has 68 valence electrons. The van der Waals surface area contributed by atoms with E-state index in [1.165, 1.54) is 0 Å². The average molecular weight is 168 g/mol. The molecule has 0 aromatic rings. The van der Waals surface area contributed by atoms with Crippen molar-refractivity contribution in [3.8, 4) is 0 Å². The maximum atomic E-state index is 11.1. The fourth-order valence-electron chi connectivity index (χ4n) is 0.675. The molecule has 0 N–H and O–H groups in total. The highest BCUT2D eigenvalue weighted by atomic mass is 16.5. The van der Waals surface area contributed by atoms with E-state index in [9.17, 15) is 4.79 Å². The molecule has 2 heteroatoms. The van der Waals surface area contributed by atoms with Crippen molar-refractivity contribution in [3.05, 3.63) is 24.8 Å². The Labute approximate surface area is 73.9 Å². The predicted molar refractivity (Wildman–Crippen MR) is 49.8 cm³/mol. The van der Waals surface area contributed by atoms with Crippen LogP contribution < -0.4 is 0 Å². The first-order valence-corrected chi connectivity index (χ1v) is 4.18. The molecule has 0 amide bonds. The minimum atomic E-state index is -0.279. The lowest BCUT2D eigenvalue weighted by Crippen LogP contribution is -2.07. The maximum Gasteiger partial charge on any atom is 0.333 e. The minimum absolute atomic E-state index is 0.279. The van der Waals surface area contributed by atoms with Crippen LogP contribution in [-0.4, -0.2) is 12.6 Å². The third kappa shape index (κ3) is 4.72. The molecule has 0 unspecified atom stereocenters. The third-order valence-corrected chi connectivity index (χ3v) is 1.38. The average Bonchev–Trinajstić information content (AvgIpc) is 2.10. The zero-order valence-electron chi connectivity index (χ0n) is 7.64. The topological polar surface area (TPSA) is 26.3 Å². The Balaban J connectivity index is 3.61. The first kappa shape index (κ1) is 11.0. The summed E-state index contributed by atoms with van der Waals surface area (Å²) in [6, 6.07) is 0. The summed E-state index contributed by atoms with van der Waals surface area (Å²) in [6.07, 6.45) is 4.03. The summed E-state index contributed by atoms with van der Waals surface area (Å²) >= 11 is 0. The molecule has 0 spiro atoms. The summed E-state index contributed by atoms with van der Waals surface area (Å²) in [6.45, 7) is 9.62. The van der Waals surface area contributed by atoms with Gasteiger partial charge in [-0.2, -0.15) is 0 Å². The van der Waals surface area contributed by atoms with Gasteiger partial charge in [-0.05, 0) is 19.3 Å². The third-order valence-electron chi connectivity index (χ3n) is 1.38. The standard InChI is InChI=1S/C10H16O2/c1-4-6-7-9(3)10(11)12-8-5-2/h4H,1,3,5-8H2,2H3. The van der Waals surface area contributed by atoms with Crippen molar-refractivity contribution in [2.24, 2.45) is 0 Å². The highest BCUT2D eigenvalue weighted by molar-refractivity contribution is 5.87. The van der Waals surface area contributed by atoms with E-state index >= 15 is 0 Å². The van der Waals surface area contributed by atoms with Crippen molar-refractivity contribution in [2.75, 3.05) is 6.61 Å². The molecule has 0 rings (SSSR count). The van der Waals surface area contributed by atoms with Crippen LogP contribution in [0.15, 0.2) is 24.8 Å². The molecule has 0 aliphatic rings. The highest BCUT2D eigenvalue weighted by Gasteiger charge is 2.05. The zero-order chi connectivity index (χ0) is 9.40. The molecule has 0 saturated heterocycles. The fourth-order valence-corrected chi connectivity index (χ4v) is 0.675. The van der Waals surface area contributed by atoms with Gasteiger partial charge < -0.3 is 4.74 Å². The molecule has 0 aliphatic carbocycles. The number of carbonyl (C=O) groups is 1. The van der Waals surface area contributed by atoms with E-state index in [0.717, 1.165) is 12.8 Å². The van der Waals surface area contributed by atoms with Crippen molar-refractivity contribution in [1.82, 2.24) is 0 Å². The van der Waals surface area contributed by atoms with Crippen molar-refractivity contribution in [2.45, 2.75) is 26.2 Å². The lowest BCUT2D eigenvalue weighted by atomic mass is 10.2. The molecule has 0 aromatic carbocycles. The van der Waals surface area contributed by atoms with Gasteiger partial charge in [-0.25, -0.2) is 4.79 Å². The Kier molecular flexibility index (Phi) is 6.07. The molecule has 0 radical (unpaired) electrons. The van der Waals surface area contributed by atoms with Crippen molar-refractivity contribution in [3.63, 3.8) is 0 Å². The van der Waals surface area contributed by atoms with E-state index in [2.05, 4.69) is 13.2 Å². The van der Waals surface area contributed by atoms with Gasteiger partial charge in [-0.3, -0.25) is 0 Å². The monoisotopic (exact) mass is 168 g/mol. The van der Waals surface area contributed by atoms with Crippen molar-refractivity contribution < 1.29 is 9.53 Å².